The molecule has 0 aliphatic heterocycles. The molecule has 0 saturated carbocycles. The van der Waals surface area contributed by atoms with Crippen LogP contribution in [0, 0.1) is 0 Å². The topological polar surface area (TPSA) is 75.2 Å². The van der Waals surface area contributed by atoms with Gasteiger partial charge in [-0.15, -0.1) is 0 Å². The van der Waals surface area contributed by atoms with E-state index in [1.54, 1.807) is 0 Å². The highest BCUT2D eigenvalue weighted by Crippen LogP contribution is 1.99. The Hall–Kier alpha value is -1.17. The Bertz CT molecular complexity index is 442. The van der Waals surface area contributed by atoms with Crippen LogP contribution in [0.3, 0.4) is 0 Å². The van der Waals surface area contributed by atoms with Gasteiger partial charge in [-0.05, 0) is 0 Å². The largest absolute Gasteiger partial charge is 0.299 e. The maximum atomic E-state index is 11.5. The van der Waals surface area contributed by atoms with Crippen molar-refractivity contribution < 1.29 is 4.21 Å². The molecule has 66 valence electrons. The molecular weight excluding hydrogens is 178 g/mol. The van der Waals surface area contributed by atoms with Crippen molar-refractivity contribution in [2.45, 2.75) is 5.16 Å². The van der Waals surface area contributed by atoms with E-state index in [0.29, 0.717) is 0 Å². The number of aromatic amines is 1. The van der Waals surface area contributed by atoms with Gasteiger partial charge in [-0.25, -0.2) is 13.6 Å². The molecule has 1 rings (SSSR count). The van der Waals surface area contributed by atoms with Crippen LogP contribution in [0.15, 0.2) is 26.6 Å². The van der Waals surface area contributed by atoms with Gasteiger partial charge in [-0.3, -0.25) is 9.78 Å². The third-order valence-electron chi connectivity index (χ3n) is 1.35. The van der Waals surface area contributed by atoms with Crippen LogP contribution in [0.2, 0.25) is 0 Å². The summed E-state index contributed by atoms with van der Waals surface area (Å²) in [4.78, 5) is 16.9. The summed E-state index contributed by atoms with van der Waals surface area (Å²) in [5.74, 6) is 0. The fourth-order valence-electron chi connectivity index (χ4n) is 0.631. The molecule has 0 radical (unpaired) electrons. The summed E-state index contributed by atoms with van der Waals surface area (Å²) in [7, 11) is -1.09. The Morgan fingerprint density at radius 2 is 2.33 bits per heavy atom. The summed E-state index contributed by atoms with van der Waals surface area (Å²) >= 11 is 0. The lowest BCUT2D eigenvalue weighted by Gasteiger charge is -1.99. The van der Waals surface area contributed by atoms with Gasteiger partial charge in [0.1, 0.15) is 9.73 Å². The molecule has 5 nitrogen and oxygen atoms in total. The average molecular weight is 187 g/mol. The van der Waals surface area contributed by atoms with Gasteiger partial charge in [0.2, 0.25) is 5.16 Å². The molecule has 0 unspecified atom stereocenters. The van der Waals surface area contributed by atoms with Crippen LogP contribution in [0.25, 0.3) is 0 Å². The molecule has 0 bridgehead atoms. The van der Waals surface area contributed by atoms with Gasteiger partial charge in [0, 0.05) is 25.6 Å². The van der Waals surface area contributed by atoms with Gasteiger partial charge in [0.05, 0.1) is 0 Å². The zero-order chi connectivity index (χ0) is 9.19. The van der Waals surface area contributed by atoms with E-state index in [9.17, 15) is 9.00 Å². The summed E-state index contributed by atoms with van der Waals surface area (Å²) in [5, 5.41) is 0.123. The Balaban J connectivity index is 3.41. The van der Waals surface area contributed by atoms with Crippen LogP contribution in [0.4, 0.5) is 0 Å². The lowest BCUT2D eigenvalue weighted by Crippen LogP contribution is -2.12. The van der Waals surface area contributed by atoms with Crippen LogP contribution in [0.5, 0.6) is 0 Å². The van der Waals surface area contributed by atoms with Gasteiger partial charge in [-0.1, -0.05) is 0 Å². The first-order chi connectivity index (χ1) is 5.56. The van der Waals surface area contributed by atoms with Crippen molar-refractivity contribution in [1.82, 2.24) is 9.97 Å². The van der Waals surface area contributed by atoms with E-state index in [4.69, 9.17) is 0 Å². The third kappa shape index (κ3) is 1.70. The molecule has 1 N–H and O–H groups in total. The number of rotatable bonds is 1. The van der Waals surface area contributed by atoms with Crippen molar-refractivity contribution >= 4 is 9.73 Å². The van der Waals surface area contributed by atoms with Crippen LogP contribution >= 0.6 is 0 Å². The summed E-state index contributed by atoms with van der Waals surface area (Å²) in [5.41, 5.74) is -0.321. The summed E-state index contributed by atoms with van der Waals surface area (Å²) in [6, 6.07) is 1.26. The highest BCUT2D eigenvalue weighted by molar-refractivity contribution is 7.92. The molecule has 0 aliphatic carbocycles. The van der Waals surface area contributed by atoms with E-state index in [0.717, 1.165) is 0 Å². The minimum absolute atomic E-state index is 0.123. The van der Waals surface area contributed by atoms with Crippen molar-refractivity contribution in [2.24, 2.45) is 4.36 Å². The van der Waals surface area contributed by atoms with Crippen molar-refractivity contribution in [2.75, 3.05) is 13.3 Å². The predicted molar refractivity (Wildman–Crippen MR) is 45.5 cm³/mol. The van der Waals surface area contributed by atoms with Crippen LogP contribution in [-0.4, -0.2) is 27.5 Å². The fraction of sp³-hybridized carbons (Fsp3) is 0.333. The second-order valence-electron chi connectivity index (χ2n) is 2.22. The molecule has 0 saturated heterocycles. The van der Waals surface area contributed by atoms with Crippen LogP contribution < -0.4 is 5.56 Å². The number of H-pyrrole nitrogens is 1. The molecule has 0 spiro atoms. The first-order valence-corrected chi connectivity index (χ1v) is 5.14. The van der Waals surface area contributed by atoms with E-state index in [2.05, 4.69) is 14.3 Å². The molecule has 1 aromatic rings. The molecule has 1 heterocycles. The Labute approximate surface area is 70.0 Å². The summed E-state index contributed by atoms with van der Waals surface area (Å²) < 4.78 is 15.1. The summed E-state index contributed by atoms with van der Waals surface area (Å²) in [6.45, 7) is 0. The zero-order valence-corrected chi connectivity index (χ0v) is 7.59. The SMILES string of the molecule is CN=[S@@](C)(=O)c1nccc(=O)[nH]1. The van der Waals surface area contributed by atoms with E-state index in [1.165, 1.54) is 25.6 Å². The van der Waals surface area contributed by atoms with Gasteiger partial charge in [0.15, 0.2) is 0 Å². The monoisotopic (exact) mass is 187 g/mol. The smallest absolute Gasteiger partial charge is 0.251 e. The third-order valence-corrected chi connectivity index (χ3v) is 2.98. The normalized spacial score (nSPS) is 15.2. The molecule has 0 fully saturated rings. The number of hydrogen-bond donors (Lipinski definition) is 1. The number of nitrogens with zero attached hydrogens (tertiary/aromatic N) is 2. The fourth-order valence-corrected chi connectivity index (χ4v) is 1.35. The highest BCUT2D eigenvalue weighted by atomic mass is 32.2. The minimum atomic E-state index is -2.51. The predicted octanol–water partition coefficient (Wildman–Crippen LogP) is -0.144. The Morgan fingerprint density at radius 1 is 1.67 bits per heavy atom. The van der Waals surface area contributed by atoms with E-state index in [-0.39, 0.29) is 10.7 Å². The van der Waals surface area contributed by atoms with Gasteiger partial charge >= 0.3 is 0 Å². The average Bonchev–Trinajstić information content (AvgIpc) is 2.05. The molecule has 0 aromatic carbocycles. The molecule has 1 atom stereocenters. The molecule has 0 aliphatic rings. The second-order valence-corrected chi connectivity index (χ2v) is 4.58. The Morgan fingerprint density at radius 3 is 2.83 bits per heavy atom. The van der Waals surface area contributed by atoms with E-state index >= 15 is 0 Å². The van der Waals surface area contributed by atoms with Crippen LogP contribution in [-0.2, 0) is 9.73 Å². The maximum Gasteiger partial charge on any atom is 0.251 e. The first kappa shape index (κ1) is 8.92. The highest BCUT2D eigenvalue weighted by Gasteiger charge is 2.05. The Kier molecular flexibility index (Phi) is 2.27. The molecule has 12 heavy (non-hydrogen) atoms. The quantitative estimate of drug-likeness (QED) is 0.621. The lowest BCUT2D eigenvalue weighted by atomic mass is 10.7. The van der Waals surface area contributed by atoms with Crippen molar-refractivity contribution in [1.29, 1.82) is 0 Å². The number of nitrogens with one attached hydrogen (secondary N) is 1. The number of aromatic nitrogens is 2. The second kappa shape index (κ2) is 3.06. The first-order valence-electron chi connectivity index (χ1n) is 3.22. The minimum Gasteiger partial charge on any atom is -0.299 e. The molecular formula is C6H9N3O2S. The van der Waals surface area contributed by atoms with Crippen molar-refractivity contribution in [3.8, 4) is 0 Å². The summed E-state index contributed by atoms with van der Waals surface area (Å²) in [6.07, 6.45) is 2.73. The standard InChI is InChI=1S/C6H9N3O2S/c1-7-12(2,11)6-8-4-3-5(10)9-6/h3-4H,1-2H3,(H,8,9,10)/t12-/m0/s1. The van der Waals surface area contributed by atoms with Gasteiger partial charge in [-0.2, -0.15) is 0 Å². The van der Waals surface area contributed by atoms with E-state index < -0.39 is 9.73 Å². The molecule has 0 amide bonds. The van der Waals surface area contributed by atoms with Crippen molar-refractivity contribution in [3.05, 3.63) is 22.6 Å². The molecule has 6 heteroatoms. The van der Waals surface area contributed by atoms with Crippen molar-refractivity contribution in [3.63, 3.8) is 0 Å². The number of hydrogen-bond acceptors (Lipinski definition) is 4. The van der Waals surface area contributed by atoms with E-state index in [1.807, 2.05) is 0 Å². The lowest BCUT2D eigenvalue weighted by molar-refractivity contribution is 0.671. The maximum absolute atomic E-state index is 11.5. The zero-order valence-electron chi connectivity index (χ0n) is 6.77. The van der Waals surface area contributed by atoms with Gasteiger partial charge in [0.25, 0.3) is 5.56 Å². The van der Waals surface area contributed by atoms with Gasteiger partial charge < -0.3 is 0 Å². The molecule has 1 aromatic heterocycles. The van der Waals surface area contributed by atoms with Crippen LogP contribution in [0.1, 0.15) is 0 Å².